The standard InChI is InChI=1S/C13H29NO2.ClH/c1-5-6-7-8-9-10-11-16-13(12(2)15)14(3)4;/h12-13,15H,5-11H2,1-4H3;1H. The molecule has 3 nitrogen and oxygen atoms in total. The van der Waals surface area contributed by atoms with Crippen LogP contribution in [0.15, 0.2) is 0 Å². The van der Waals surface area contributed by atoms with Gasteiger partial charge in [0.2, 0.25) is 6.23 Å². The van der Waals surface area contributed by atoms with Gasteiger partial charge in [0.25, 0.3) is 0 Å². The number of nitrogens with one attached hydrogen (secondary N) is 1. The first-order valence-electron chi connectivity index (χ1n) is 6.69. The van der Waals surface area contributed by atoms with Gasteiger partial charge in [-0.3, -0.25) is 0 Å². The Kier molecular flexibility index (Phi) is 14.5. The first-order valence-corrected chi connectivity index (χ1v) is 6.69. The van der Waals surface area contributed by atoms with Gasteiger partial charge >= 0.3 is 0 Å². The fourth-order valence-electron chi connectivity index (χ4n) is 1.88. The molecule has 0 spiro atoms. The molecule has 106 valence electrons. The van der Waals surface area contributed by atoms with Crippen molar-refractivity contribution in [2.45, 2.75) is 64.7 Å². The highest BCUT2D eigenvalue weighted by atomic mass is 35.5. The van der Waals surface area contributed by atoms with Crippen molar-refractivity contribution in [3.8, 4) is 0 Å². The monoisotopic (exact) mass is 267 g/mol. The quantitative estimate of drug-likeness (QED) is 0.363. The van der Waals surface area contributed by atoms with E-state index in [1.165, 1.54) is 32.1 Å². The van der Waals surface area contributed by atoms with Gasteiger partial charge in [0.05, 0.1) is 20.7 Å². The molecule has 0 aliphatic carbocycles. The van der Waals surface area contributed by atoms with E-state index < -0.39 is 6.10 Å². The van der Waals surface area contributed by atoms with Crippen molar-refractivity contribution in [1.82, 2.24) is 0 Å². The number of quaternary nitrogens is 1. The summed E-state index contributed by atoms with van der Waals surface area (Å²) in [5.74, 6) is 0. The molecule has 0 saturated heterocycles. The fourth-order valence-corrected chi connectivity index (χ4v) is 1.88. The van der Waals surface area contributed by atoms with E-state index in [4.69, 9.17) is 4.74 Å². The molecule has 17 heavy (non-hydrogen) atoms. The predicted octanol–water partition coefficient (Wildman–Crippen LogP) is -1.78. The summed E-state index contributed by atoms with van der Waals surface area (Å²) in [5.41, 5.74) is 0. The van der Waals surface area contributed by atoms with Crippen LogP contribution >= 0.6 is 0 Å². The van der Waals surface area contributed by atoms with Crippen molar-refractivity contribution in [3.05, 3.63) is 0 Å². The minimum absolute atomic E-state index is 0. The maximum atomic E-state index is 9.51. The molecule has 0 bridgehead atoms. The Labute approximate surface area is 113 Å². The number of halogens is 1. The minimum atomic E-state index is -0.398. The summed E-state index contributed by atoms with van der Waals surface area (Å²) >= 11 is 0. The molecule has 0 aromatic rings. The molecule has 0 saturated carbocycles. The van der Waals surface area contributed by atoms with Gasteiger partial charge in [-0.1, -0.05) is 39.0 Å². The van der Waals surface area contributed by atoms with Crippen LogP contribution in [0.3, 0.4) is 0 Å². The number of aliphatic hydroxyl groups is 1. The molecule has 0 aliphatic rings. The average molecular weight is 268 g/mol. The summed E-state index contributed by atoms with van der Waals surface area (Å²) in [6.45, 7) is 4.79. The first-order chi connectivity index (χ1) is 7.59. The molecular formula is C13H30ClNO2. The van der Waals surface area contributed by atoms with Gasteiger partial charge in [-0.15, -0.1) is 0 Å². The van der Waals surface area contributed by atoms with Crippen LogP contribution in [0, 0.1) is 0 Å². The number of aliphatic hydroxyl groups excluding tert-OH is 1. The largest absolute Gasteiger partial charge is 1.00 e. The highest BCUT2D eigenvalue weighted by Crippen LogP contribution is 2.05. The van der Waals surface area contributed by atoms with E-state index in [0.29, 0.717) is 0 Å². The van der Waals surface area contributed by atoms with E-state index in [0.717, 1.165) is 17.9 Å². The second kappa shape index (κ2) is 12.6. The third-order valence-electron chi connectivity index (χ3n) is 2.80. The molecule has 0 rings (SSSR count). The lowest BCUT2D eigenvalue weighted by Gasteiger charge is -2.23. The fraction of sp³-hybridized carbons (Fsp3) is 1.00. The zero-order chi connectivity index (χ0) is 12.4. The summed E-state index contributed by atoms with van der Waals surface area (Å²) in [5, 5.41) is 9.51. The van der Waals surface area contributed by atoms with Crippen LogP contribution in [0.5, 0.6) is 0 Å². The molecule has 4 heteroatoms. The summed E-state index contributed by atoms with van der Waals surface area (Å²) in [4.78, 5) is 1.15. The molecule has 2 unspecified atom stereocenters. The highest BCUT2D eigenvalue weighted by Gasteiger charge is 2.20. The number of hydrogen-bond acceptors (Lipinski definition) is 2. The van der Waals surface area contributed by atoms with Gasteiger partial charge in [-0.05, 0) is 13.3 Å². The Morgan fingerprint density at radius 3 is 2.06 bits per heavy atom. The van der Waals surface area contributed by atoms with Gasteiger partial charge in [0, 0.05) is 0 Å². The van der Waals surface area contributed by atoms with Crippen LogP contribution in [0.4, 0.5) is 0 Å². The Balaban J connectivity index is 0. The van der Waals surface area contributed by atoms with Crippen LogP contribution in [-0.4, -0.2) is 38.1 Å². The number of rotatable bonds is 10. The Morgan fingerprint density at radius 1 is 1.06 bits per heavy atom. The first kappa shape index (κ1) is 19.5. The summed E-state index contributed by atoms with van der Waals surface area (Å²) in [6, 6.07) is 0. The van der Waals surface area contributed by atoms with Crippen LogP contribution in [0.2, 0.25) is 0 Å². The lowest BCUT2D eigenvalue weighted by Crippen LogP contribution is -3.11. The van der Waals surface area contributed by atoms with Gasteiger partial charge in [-0.25, -0.2) is 0 Å². The molecule has 0 aliphatic heterocycles. The van der Waals surface area contributed by atoms with E-state index in [2.05, 4.69) is 6.92 Å². The zero-order valence-corrected chi connectivity index (χ0v) is 12.6. The molecule has 0 radical (unpaired) electrons. The lowest BCUT2D eigenvalue weighted by atomic mass is 10.1. The highest BCUT2D eigenvalue weighted by molar-refractivity contribution is 4.50. The topological polar surface area (TPSA) is 33.9 Å². The van der Waals surface area contributed by atoms with Crippen molar-refractivity contribution < 1.29 is 27.2 Å². The Morgan fingerprint density at radius 2 is 1.59 bits per heavy atom. The summed E-state index contributed by atoms with van der Waals surface area (Å²) in [6.07, 6.45) is 7.17. The molecule has 0 heterocycles. The molecule has 2 N–H and O–H groups in total. The molecule has 0 amide bonds. The van der Waals surface area contributed by atoms with Crippen molar-refractivity contribution >= 4 is 0 Å². The minimum Gasteiger partial charge on any atom is -1.00 e. The van der Waals surface area contributed by atoms with Gasteiger partial charge in [0.1, 0.15) is 6.10 Å². The Bertz CT molecular complexity index is 146. The van der Waals surface area contributed by atoms with Crippen LogP contribution in [-0.2, 0) is 4.74 Å². The number of ether oxygens (including phenoxy) is 1. The van der Waals surface area contributed by atoms with Crippen LogP contribution in [0.1, 0.15) is 52.4 Å². The van der Waals surface area contributed by atoms with Crippen molar-refractivity contribution in [2.75, 3.05) is 20.7 Å². The van der Waals surface area contributed by atoms with Crippen molar-refractivity contribution in [1.29, 1.82) is 0 Å². The SMILES string of the molecule is CCCCCCCCOC(C(C)O)[NH+](C)C.[Cl-]. The second-order valence-corrected chi connectivity index (χ2v) is 4.88. The van der Waals surface area contributed by atoms with E-state index in [1.807, 2.05) is 14.1 Å². The molecule has 0 fully saturated rings. The molecule has 2 atom stereocenters. The van der Waals surface area contributed by atoms with Crippen molar-refractivity contribution in [2.24, 2.45) is 0 Å². The Hall–Kier alpha value is 0.170. The zero-order valence-electron chi connectivity index (χ0n) is 11.8. The maximum Gasteiger partial charge on any atom is 0.217 e. The van der Waals surface area contributed by atoms with Crippen LogP contribution < -0.4 is 17.3 Å². The predicted molar refractivity (Wildman–Crippen MR) is 67.6 cm³/mol. The van der Waals surface area contributed by atoms with Gasteiger partial charge in [0.15, 0.2) is 0 Å². The molecule has 0 aromatic heterocycles. The third-order valence-corrected chi connectivity index (χ3v) is 2.80. The number of hydrogen-bond donors (Lipinski definition) is 2. The normalized spacial score (nSPS) is 14.5. The third kappa shape index (κ3) is 11.0. The number of likely N-dealkylation sites (N-methyl/N-ethyl adjacent to an activating group) is 1. The van der Waals surface area contributed by atoms with Crippen molar-refractivity contribution in [3.63, 3.8) is 0 Å². The van der Waals surface area contributed by atoms with E-state index >= 15 is 0 Å². The lowest BCUT2D eigenvalue weighted by molar-refractivity contribution is -0.915. The van der Waals surface area contributed by atoms with E-state index in [9.17, 15) is 5.11 Å². The van der Waals surface area contributed by atoms with Crippen LogP contribution in [0.25, 0.3) is 0 Å². The van der Waals surface area contributed by atoms with Gasteiger partial charge in [-0.2, -0.15) is 0 Å². The second-order valence-electron chi connectivity index (χ2n) is 4.88. The van der Waals surface area contributed by atoms with E-state index in [1.54, 1.807) is 6.92 Å². The summed E-state index contributed by atoms with van der Waals surface area (Å²) in [7, 11) is 4.03. The number of unbranched alkanes of at least 4 members (excludes halogenated alkanes) is 5. The maximum absolute atomic E-state index is 9.51. The smallest absolute Gasteiger partial charge is 0.217 e. The molecular weight excluding hydrogens is 238 g/mol. The molecule has 0 aromatic carbocycles. The van der Waals surface area contributed by atoms with E-state index in [-0.39, 0.29) is 18.6 Å². The van der Waals surface area contributed by atoms with Gasteiger partial charge < -0.3 is 27.2 Å². The summed E-state index contributed by atoms with van der Waals surface area (Å²) < 4.78 is 5.68. The average Bonchev–Trinajstić information content (AvgIpc) is 2.21.